The molecule has 3 rings (SSSR count). The average Bonchev–Trinajstić information content (AvgIpc) is 2.87. The molecule has 1 fully saturated rings. The highest BCUT2D eigenvalue weighted by Gasteiger charge is 2.23. The molecule has 1 aromatic carbocycles. The highest BCUT2D eigenvalue weighted by Crippen LogP contribution is 2.27. The minimum atomic E-state index is 0.102. The van der Waals surface area contributed by atoms with E-state index in [0.717, 1.165) is 37.1 Å². The zero-order chi connectivity index (χ0) is 16.4. The number of hydrogen-bond donors (Lipinski definition) is 1. The van der Waals surface area contributed by atoms with Gasteiger partial charge in [-0.25, -0.2) is 0 Å². The summed E-state index contributed by atoms with van der Waals surface area (Å²) in [4.78, 5) is 12.9. The zero-order valence-corrected chi connectivity index (χ0v) is 14.6. The maximum absolute atomic E-state index is 12.9. The van der Waals surface area contributed by atoms with E-state index in [4.69, 9.17) is 0 Å². The van der Waals surface area contributed by atoms with E-state index >= 15 is 0 Å². The lowest BCUT2D eigenvalue weighted by Gasteiger charge is -2.23. The van der Waals surface area contributed by atoms with E-state index in [1.807, 2.05) is 0 Å². The van der Waals surface area contributed by atoms with Crippen LogP contribution in [0.2, 0.25) is 0 Å². The van der Waals surface area contributed by atoms with Crippen LogP contribution in [0.15, 0.2) is 18.2 Å². The molecule has 23 heavy (non-hydrogen) atoms. The van der Waals surface area contributed by atoms with Gasteiger partial charge in [0.05, 0.1) is 0 Å². The van der Waals surface area contributed by atoms with Gasteiger partial charge in [0.2, 0.25) is 0 Å². The van der Waals surface area contributed by atoms with Crippen LogP contribution in [-0.2, 0) is 13.0 Å². The summed E-state index contributed by atoms with van der Waals surface area (Å²) in [6, 6.07) is 6.94. The van der Waals surface area contributed by atoms with E-state index in [-0.39, 0.29) is 5.91 Å². The normalized spacial score (nSPS) is 16.0. The molecular formula is C20H28N2O. The van der Waals surface area contributed by atoms with Gasteiger partial charge in [0.25, 0.3) is 5.91 Å². The molecule has 0 saturated heterocycles. The fraction of sp³-hybridized carbons (Fsp3) is 0.550. The van der Waals surface area contributed by atoms with Crippen molar-refractivity contribution in [1.29, 1.82) is 0 Å². The Balaban J connectivity index is 1.98. The van der Waals surface area contributed by atoms with Crippen LogP contribution in [-0.4, -0.2) is 16.5 Å². The monoisotopic (exact) mass is 312 g/mol. The largest absolute Gasteiger partial charge is 0.348 e. The first-order valence-electron chi connectivity index (χ1n) is 9.08. The van der Waals surface area contributed by atoms with Crippen molar-refractivity contribution in [1.82, 2.24) is 9.88 Å². The van der Waals surface area contributed by atoms with E-state index in [2.05, 4.69) is 48.9 Å². The number of carbonyl (C=O) groups excluding carboxylic acids is 1. The highest BCUT2D eigenvalue weighted by molar-refractivity contribution is 6.02. The van der Waals surface area contributed by atoms with Gasteiger partial charge in [-0.15, -0.1) is 0 Å². The van der Waals surface area contributed by atoms with Gasteiger partial charge in [0.1, 0.15) is 5.69 Å². The fourth-order valence-corrected chi connectivity index (χ4v) is 3.91. The average molecular weight is 312 g/mol. The predicted molar refractivity (Wildman–Crippen MR) is 96.1 cm³/mol. The quantitative estimate of drug-likeness (QED) is 0.880. The standard InChI is InChI=1S/C20H28N2O/c1-4-15-11-12-18-17(13-15)14(3)19(22(18)5-2)20(23)21-16-9-7-6-8-10-16/h11-13,16H,4-10H2,1-3H3,(H,21,23). The third-order valence-electron chi connectivity index (χ3n) is 5.26. The molecule has 3 nitrogen and oxygen atoms in total. The Morgan fingerprint density at radius 2 is 1.96 bits per heavy atom. The lowest BCUT2D eigenvalue weighted by Crippen LogP contribution is -2.37. The van der Waals surface area contributed by atoms with Crippen molar-refractivity contribution in [3.8, 4) is 0 Å². The van der Waals surface area contributed by atoms with Gasteiger partial charge in [0.15, 0.2) is 0 Å². The Morgan fingerprint density at radius 3 is 2.61 bits per heavy atom. The van der Waals surface area contributed by atoms with E-state index < -0.39 is 0 Å². The summed E-state index contributed by atoms with van der Waals surface area (Å²) < 4.78 is 2.17. The molecule has 1 heterocycles. The van der Waals surface area contributed by atoms with Crippen LogP contribution in [0.1, 0.15) is 67.6 Å². The van der Waals surface area contributed by atoms with Crippen LogP contribution in [0.5, 0.6) is 0 Å². The maximum Gasteiger partial charge on any atom is 0.268 e. The minimum absolute atomic E-state index is 0.102. The van der Waals surface area contributed by atoms with Crippen molar-refractivity contribution in [2.24, 2.45) is 0 Å². The van der Waals surface area contributed by atoms with Crippen LogP contribution in [0.4, 0.5) is 0 Å². The number of rotatable bonds is 4. The second-order valence-electron chi connectivity index (χ2n) is 6.73. The van der Waals surface area contributed by atoms with Crippen molar-refractivity contribution >= 4 is 16.8 Å². The van der Waals surface area contributed by atoms with Crippen LogP contribution in [0, 0.1) is 6.92 Å². The van der Waals surface area contributed by atoms with Crippen LogP contribution >= 0.6 is 0 Å². The Hall–Kier alpha value is -1.77. The summed E-state index contributed by atoms with van der Waals surface area (Å²) in [5.41, 5.74) is 4.47. The molecule has 1 saturated carbocycles. The molecule has 2 aromatic rings. The summed E-state index contributed by atoms with van der Waals surface area (Å²) in [6.45, 7) is 7.20. The minimum Gasteiger partial charge on any atom is -0.348 e. The number of carbonyl (C=O) groups is 1. The molecule has 1 amide bonds. The lowest BCUT2D eigenvalue weighted by molar-refractivity contribution is 0.0918. The lowest BCUT2D eigenvalue weighted by atomic mass is 9.95. The molecule has 1 aliphatic rings. The summed E-state index contributed by atoms with van der Waals surface area (Å²) in [5, 5.41) is 4.50. The number of nitrogens with one attached hydrogen (secondary N) is 1. The Morgan fingerprint density at radius 1 is 1.22 bits per heavy atom. The molecule has 0 radical (unpaired) electrons. The van der Waals surface area contributed by atoms with Gasteiger partial charge in [-0.05, 0) is 56.4 Å². The molecule has 0 spiro atoms. The smallest absolute Gasteiger partial charge is 0.268 e. The molecule has 3 heteroatoms. The number of hydrogen-bond acceptors (Lipinski definition) is 1. The first-order valence-corrected chi connectivity index (χ1v) is 9.08. The first kappa shape index (κ1) is 16.1. The fourth-order valence-electron chi connectivity index (χ4n) is 3.91. The third-order valence-corrected chi connectivity index (χ3v) is 5.26. The van der Waals surface area contributed by atoms with E-state index in [1.54, 1.807) is 0 Å². The summed E-state index contributed by atoms with van der Waals surface area (Å²) >= 11 is 0. The van der Waals surface area contributed by atoms with E-state index in [0.29, 0.717) is 6.04 Å². The number of benzene rings is 1. The molecule has 0 bridgehead atoms. The second kappa shape index (κ2) is 6.77. The van der Waals surface area contributed by atoms with Gasteiger partial charge in [-0.2, -0.15) is 0 Å². The van der Waals surface area contributed by atoms with Gasteiger partial charge in [-0.3, -0.25) is 4.79 Å². The Bertz CT molecular complexity index is 708. The first-order chi connectivity index (χ1) is 11.2. The van der Waals surface area contributed by atoms with Crippen molar-refractivity contribution in [3.05, 3.63) is 35.0 Å². The van der Waals surface area contributed by atoms with Crippen LogP contribution < -0.4 is 5.32 Å². The molecule has 1 aromatic heterocycles. The van der Waals surface area contributed by atoms with E-state index in [1.165, 1.54) is 35.7 Å². The Kier molecular flexibility index (Phi) is 4.74. The van der Waals surface area contributed by atoms with Gasteiger partial charge in [0, 0.05) is 23.5 Å². The number of amides is 1. The third kappa shape index (κ3) is 3.01. The predicted octanol–water partition coefficient (Wildman–Crippen LogP) is 4.59. The van der Waals surface area contributed by atoms with Crippen LogP contribution in [0.3, 0.4) is 0 Å². The van der Waals surface area contributed by atoms with Crippen molar-refractivity contribution in [2.45, 2.75) is 71.9 Å². The topological polar surface area (TPSA) is 34.0 Å². The molecule has 0 aliphatic heterocycles. The maximum atomic E-state index is 12.9. The summed E-state index contributed by atoms with van der Waals surface area (Å²) in [5.74, 6) is 0.102. The Labute approximate surface area is 139 Å². The van der Waals surface area contributed by atoms with Gasteiger partial charge >= 0.3 is 0 Å². The molecule has 1 N–H and O–H groups in total. The van der Waals surface area contributed by atoms with Crippen molar-refractivity contribution in [3.63, 3.8) is 0 Å². The molecule has 0 atom stereocenters. The van der Waals surface area contributed by atoms with Gasteiger partial charge in [-0.1, -0.05) is 32.3 Å². The number of aromatic nitrogens is 1. The van der Waals surface area contributed by atoms with Gasteiger partial charge < -0.3 is 9.88 Å². The second-order valence-corrected chi connectivity index (χ2v) is 6.73. The summed E-state index contributed by atoms with van der Waals surface area (Å²) in [6.07, 6.45) is 7.05. The van der Waals surface area contributed by atoms with E-state index in [9.17, 15) is 4.79 Å². The van der Waals surface area contributed by atoms with Crippen molar-refractivity contribution in [2.75, 3.05) is 0 Å². The van der Waals surface area contributed by atoms with Crippen molar-refractivity contribution < 1.29 is 4.79 Å². The molecule has 1 aliphatic carbocycles. The van der Waals surface area contributed by atoms with Crippen LogP contribution in [0.25, 0.3) is 10.9 Å². The summed E-state index contributed by atoms with van der Waals surface area (Å²) in [7, 11) is 0. The molecular weight excluding hydrogens is 284 g/mol. The number of nitrogens with zero attached hydrogens (tertiary/aromatic N) is 1. The SMILES string of the molecule is CCc1ccc2c(c1)c(C)c(C(=O)NC1CCCCC1)n2CC. The zero-order valence-electron chi connectivity index (χ0n) is 14.6. The highest BCUT2D eigenvalue weighted by atomic mass is 16.2. The number of fused-ring (bicyclic) bond motifs is 1. The number of aryl methyl sites for hydroxylation is 3. The molecule has 124 valence electrons. The molecule has 0 unspecified atom stereocenters.